The number of aryl methyl sites for hydroxylation is 1. The number of methoxy groups -OCH3 is 1. The minimum atomic E-state index is -4.96. The summed E-state index contributed by atoms with van der Waals surface area (Å²) >= 11 is 0. The second kappa shape index (κ2) is 12.7. The Morgan fingerprint density at radius 3 is 2.53 bits per heavy atom. The number of hydrogen-bond donors (Lipinski definition) is 4. The van der Waals surface area contributed by atoms with Gasteiger partial charge < -0.3 is 25.0 Å². The van der Waals surface area contributed by atoms with Crippen LogP contribution in [0.1, 0.15) is 23.1 Å². The molecule has 0 aliphatic rings. The van der Waals surface area contributed by atoms with Crippen LogP contribution in [0.4, 0.5) is 33.9 Å². The van der Waals surface area contributed by atoms with Crippen LogP contribution in [0.2, 0.25) is 0 Å². The fraction of sp³-hybridized carbons (Fsp3) is 0.360. The Morgan fingerprint density at radius 2 is 1.89 bits per heavy atom. The lowest BCUT2D eigenvalue weighted by Crippen LogP contribution is -2.23. The molecule has 13 heteroatoms. The van der Waals surface area contributed by atoms with Crippen molar-refractivity contribution in [1.82, 2.24) is 9.78 Å². The van der Waals surface area contributed by atoms with E-state index >= 15 is 0 Å². The lowest BCUT2D eigenvalue weighted by Gasteiger charge is -2.17. The normalized spacial score (nSPS) is 12.3. The van der Waals surface area contributed by atoms with Crippen molar-refractivity contribution >= 4 is 17.5 Å². The van der Waals surface area contributed by atoms with Crippen molar-refractivity contribution in [3.8, 4) is 11.6 Å². The average Bonchev–Trinajstić information content (AvgIpc) is 3.18. The SMILES string of the molecule is COCCCc1cc(F)c(C(F)(F)F)cc1NC(=O)Nc1c(C)c(OCC(O)CO)nn1-c1ccccc1. The predicted molar refractivity (Wildman–Crippen MR) is 131 cm³/mol. The van der Waals surface area contributed by atoms with E-state index in [4.69, 9.17) is 14.6 Å². The van der Waals surface area contributed by atoms with Gasteiger partial charge in [-0.15, -0.1) is 5.10 Å². The van der Waals surface area contributed by atoms with Gasteiger partial charge in [0, 0.05) is 19.4 Å². The molecule has 0 aliphatic heterocycles. The number of anilines is 2. The maximum absolute atomic E-state index is 14.2. The highest BCUT2D eigenvalue weighted by Gasteiger charge is 2.35. The molecule has 4 N–H and O–H groups in total. The molecule has 2 amide bonds. The molecule has 0 fully saturated rings. The highest BCUT2D eigenvalue weighted by atomic mass is 19.4. The van der Waals surface area contributed by atoms with Crippen molar-refractivity contribution < 1.29 is 42.0 Å². The zero-order valence-corrected chi connectivity index (χ0v) is 20.7. The maximum atomic E-state index is 14.2. The summed E-state index contributed by atoms with van der Waals surface area (Å²) in [4.78, 5) is 13.0. The van der Waals surface area contributed by atoms with Crippen LogP contribution >= 0.6 is 0 Å². The number of carbonyl (C=O) groups excluding carboxylic acids is 1. The number of urea groups is 1. The van der Waals surface area contributed by atoms with Crippen molar-refractivity contribution in [1.29, 1.82) is 0 Å². The fourth-order valence-electron chi connectivity index (χ4n) is 3.57. The first kappa shape index (κ1) is 28.9. The monoisotopic (exact) mass is 540 g/mol. The molecule has 1 aromatic heterocycles. The molecule has 2 aromatic carbocycles. The molecule has 38 heavy (non-hydrogen) atoms. The molecule has 0 spiro atoms. The van der Waals surface area contributed by atoms with E-state index in [0.29, 0.717) is 23.7 Å². The van der Waals surface area contributed by atoms with Crippen LogP contribution in [0.5, 0.6) is 5.88 Å². The number of halogens is 4. The van der Waals surface area contributed by atoms with E-state index in [2.05, 4.69) is 15.7 Å². The predicted octanol–water partition coefficient (Wildman–Crippen LogP) is 4.29. The quantitative estimate of drug-likeness (QED) is 0.213. The summed E-state index contributed by atoms with van der Waals surface area (Å²) in [5.74, 6) is -1.25. The van der Waals surface area contributed by atoms with Crippen LogP contribution in [0.25, 0.3) is 5.69 Å². The van der Waals surface area contributed by atoms with Gasteiger partial charge in [0.25, 0.3) is 0 Å². The highest BCUT2D eigenvalue weighted by molar-refractivity contribution is 6.00. The van der Waals surface area contributed by atoms with Gasteiger partial charge in [0.1, 0.15) is 24.3 Å². The number of aliphatic hydroxyl groups excluding tert-OH is 2. The number of benzene rings is 2. The van der Waals surface area contributed by atoms with E-state index in [1.807, 2.05) is 0 Å². The molecule has 1 unspecified atom stereocenters. The number of hydrogen-bond acceptors (Lipinski definition) is 6. The van der Waals surface area contributed by atoms with Gasteiger partial charge in [-0.2, -0.15) is 13.2 Å². The Labute approximate surface area is 216 Å². The van der Waals surface area contributed by atoms with Gasteiger partial charge in [-0.05, 0) is 49.6 Å². The summed E-state index contributed by atoms with van der Waals surface area (Å²) in [5.41, 5.74) is -0.669. The van der Waals surface area contributed by atoms with Gasteiger partial charge in [0.2, 0.25) is 5.88 Å². The summed E-state index contributed by atoms with van der Waals surface area (Å²) in [5, 5.41) is 27.9. The molecule has 3 rings (SSSR count). The molecule has 1 heterocycles. The van der Waals surface area contributed by atoms with Gasteiger partial charge in [-0.1, -0.05) is 18.2 Å². The summed E-state index contributed by atoms with van der Waals surface area (Å²) in [7, 11) is 1.46. The first-order valence-corrected chi connectivity index (χ1v) is 11.6. The number of carbonyl (C=O) groups is 1. The first-order valence-electron chi connectivity index (χ1n) is 11.6. The molecule has 0 aliphatic carbocycles. The Hall–Kier alpha value is -3.68. The van der Waals surface area contributed by atoms with Crippen molar-refractivity contribution in [2.45, 2.75) is 32.0 Å². The van der Waals surface area contributed by atoms with Crippen LogP contribution < -0.4 is 15.4 Å². The molecule has 9 nitrogen and oxygen atoms in total. The third kappa shape index (κ3) is 7.21. The molecular weight excluding hydrogens is 512 g/mol. The molecule has 3 aromatic rings. The molecule has 0 saturated carbocycles. The van der Waals surface area contributed by atoms with E-state index in [9.17, 15) is 27.5 Å². The van der Waals surface area contributed by atoms with Crippen molar-refractivity contribution in [2.24, 2.45) is 0 Å². The largest absolute Gasteiger partial charge is 0.474 e. The first-order chi connectivity index (χ1) is 18.0. The van der Waals surface area contributed by atoms with Gasteiger partial charge in [0.15, 0.2) is 0 Å². The number of amides is 2. The van der Waals surface area contributed by atoms with Gasteiger partial charge in [-0.3, -0.25) is 5.32 Å². The number of nitrogens with one attached hydrogen (secondary N) is 2. The Bertz CT molecular complexity index is 1230. The van der Waals surface area contributed by atoms with E-state index in [0.717, 1.165) is 6.07 Å². The lowest BCUT2D eigenvalue weighted by molar-refractivity contribution is -0.139. The van der Waals surface area contributed by atoms with Crippen LogP contribution in [0.15, 0.2) is 42.5 Å². The highest BCUT2D eigenvalue weighted by Crippen LogP contribution is 2.35. The van der Waals surface area contributed by atoms with E-state index in [-0.39, 0.29) is 42.6 Å². The second-order valence-corrected chi connectivity index (χ2v) is 8.34. The zero-order chi connectivity index (χ0) is 27.9. The minimum Gasteiger partial charge on any atom is -0.474 e. The Balaban J connectivity index is 1.93. The molecule has 206 valence electrons. The third-order valence-corrected chi connectivity index (χ3v) is 5.48. The molecule has 1 atom stereocenters. The van der Waals surface area contributed by atoms with Crippen molar-refractivity contribution in [3.05, 3.63) is 65.0 Å². The smallest absolute Gasteiger partial charge is 0.419 e. The van der Waals surface area contributed by atoms with Gasteiger partial charge >= 0.3 is 12.2 Å². The van der Waals surface area contributed by atoms with Gasteiger partial charge in [0.05, 0.1) is 23.4 Å². The Morgan fingerprint density at radius 1 is 1.18 bits per heavy atom. The van der Waals surface area contributed by atoms with Gasteiger partial charge in [-0.25, -0.2) is 13.9 Å². The topological polar surface area (TPSA) is 118 Å². The van der Waals surface area contributed by atoms with E-state index < -0.39 is 36.3 Å². The van der Waals surface area contributed by atoms with E-state index in [1.165, 1.54) is 11.8 Å². The molecule has 0 radical (unpaired) electrons. The Kier molecular flexibility index (Phi) is 9.66. The standard InChI is InChI=1S/C25H28F4N4O5/c1-15-22(33(17-8-4-3-5-9-17)32-23(15)38-14-18(35)13-34)31-24(36)30-21-12-19(25(27,28)29)20(26)11-16(21)7-6-10-37-2/h3-5,8-9,11-12,18,34-35H,6-7,10,13-14H2,1-2H3,(H2,30,31,36). The number of alkyl halides is 3. The number of rotatable bonds is 11. The average molecular weight is 541 g/mol. The van der Waals surface area contributed by atoms with Crippen LogP contribution in [0, 0.1) is 12.7 Å². The van der Waals surface area contributed by atoms with E-state index in [1.54, 1.807) is 37.3 Å². The fourth-order valence-corrected chi connectivity index (χ4v) is 3.57. The minimum absolute atomic E-state index is 0.0537. The van der Waals surface area contributed by atoms with Crippen LogP contribution in [0.3, 0.4) is 0 Å². The number of para-hydroxylation sites is 1. The van der Waals surface area contributed by atoms with Crippen molar-refractivity contribution in [2.75, 3.05) is 37.6 Å². The molecule has 0 saturated heterocycles. The van der Waals surface area contributed by atoms with Crippen LogP contribution in [-0.4, -0.2) is 59.1 Å². The summed E-state index contributed by atoms with van der Waals surface area (Å²) in [6.45, 7) is 1.07. The third-order valence-electron chi connectivity index (χ3n) is 5.48. The number of aliphatic hydroxyl groups is 2. The lowest BCUT2D eigenvalue weighted by atomic mass is 10.0. The summed E-state index contributed by atoms with van der Waals surface area (Å²) in [6.07, 6.45) is -5.58. The zero-order valence-electron chi connectivity index (χ0n) is 20.7. The number of ether oxygens (including phenoxy) is 2. The molecule has 0 bridgehead atoms. The summed E-state index contributed by atoms with van der Waals surface area (Å²) in [6, 6.07) is 9.05. The second-order valence-electron chi connectivity index (χ2n) is 8.34. The van der Waals surface area contributed by atoms with Crippen LogP contribution in [-0.2, 0) is 17.3 Å². The maximum Gasteiger partial charge on any atom is 0.419 e. The molecular formula is C25H28F4N4O5. The number of aromatic nitrogens is 2. The van der Waals surface area contributed by atoms with Crippen molar-refractivity contribution in [3.63, 3.8) is 0 Å². The number of nitrogens with zero attached hydrogens (tertiary/aromatic N) is 2. The summed E-state index contributed by atoms with van der Waals surface area (Å²) < 4.78 is 66.1.